The zero-order valence-corrected chi connectivity index (χ0v) is 17.4. The third-order valence-corrected chi connectivity index (χ3v) is 5.55. The maximum atomic E-state index is 9.67. The molecule has 1 fully saturated rings. The fraction of sp³-hybridized carbons (Fsp3) is 0.273. The fourth-order valence-electron chi connectivity index (χ4n) is 3.76. The average molecular weight is 408 g/mol. The number of thiocarbonyl (C=S) groups is 1. The van der Waals surface area contributed by atoms with E-state index in [4.69, 9.17) is 12.2 Å². The zero-order chi connectivity index (χ0) is 20.4. The van der Waals surface area contributed by atoms with Crippen LogP contribution in [0.3, 0.4) is 0 Å². The van der Waals surface area contributed by atoms with Gasteiger partial charge in [0.25, 0.3) is 0 Å². The van der Waals surface area contributed by atoms with Crippen LogP contribution in [0, 0.1) is 0 Å². The summed E-state index contributed by atoms with van der Waals surface area (Å²) in [6.45, 7) is 1.71. The zero-order valence-electron chi connectivity index (χ0n) is 16.6. The van der Waals surface area contributed by atoms with Gasteiger partial charge >= 0.3 is 0 Å². The fourth-order valence-corrected chi connectivity index (χ4v) is 4.09. The Morgan fingerprint density at radius 1 is 1.10 bits per heavy atom. The molecule has 29 heavy (non-hydrogen) atoms. The molecule has 0 saturated carbocycles. The summed E-state index contributed by atoms with van der Waals surface area (Å²) in [5.74, 6) is 0.255. The minimum Gasteiger partial charge on any atom is -0.508 e. The van der Waals surface area contributed by atoms with Gasteiger partial charge in [-0.1, -0.05) is 6.07 Å². The van der Waals surface area contributed by atoms with Gasteiger partial charge in [-0.25, -0.2) is 0 Å². The lowest BCUT2D eigenvalue weighted by atomic mass is 10.0. The molecule has 0 unspecified atom stereocenters. The lowest BCUT2D eigenvalue weighted by Gasteiger charge is -2.29. The van der Waals surface area contributed by atoms with Gasteiger partial charge in [-0.05, 0) is 74.8 Å². The summed E-state index contributed by atoms with van der Waals surface area (Å²) < 4.78 is 2.15. The largest absolute Gasteiger partial charge is 0.508 e. The van der Waals surface area contributed by atoms with Gasteiger partial charge in [0, 0.05) is 36.9 Å². The number of nitrogens with one attached hydrogen (secondary N) is 1. The summed E-state index contributed by atoms with van der Waals surface area (Å²) >= 11 is 5.72. The minimum atomic E-state index is -0.0448. The predicted octanol–water partition coefficient (Wildman–Crippen LogP) is 3.11. The van der Waals surface area contributed by atoms with Gasteiger partial charge < -0.3 is 24.8 Å². The van der Waals surface area contributed by atoms with Crippen LogP contribution >= 0.6 is 12.2 Å². The van der Waals surface area contributed by atoms with E-state index in [2.05, 4.69) is 44.8 Å². The maximum absolute atomic E-state index is 9.67. The minimum absolute atomic E-state index is 0.00107. The molecule has 0 aliphatic carbocycles. The first-order valence-corrected chi connectivity index (χ1v) is 10.0. The van der Waals surface area contributed by atoms with Crippen molar-refractivity contribution in [3.8, 4) is 11.4 Å². The number of phenolic OH excluding ortho intramolecular Hbond substituents is 1. The van der Waals surface area contributed by atoms with Crippen molar-refractivity contribution in [2.75, 3.05) is 27.2 Å². The van der Waals surface area contributed by atoms with Gasteiger partial charge in [0.05, 0.1) is 17.8 Å². The second-order valence-electron chi connectivity index (χ2n) is 7.44. The SMILES string of the molecule is CN(C)CCN1C(=S)N[C@@H](c2ccccn2)[C@@H]1c1cccn1-c1ccc(O)cc1. The molecule has 4 rings (SSSR count). The molecule has 0 spiro atoms. The molecule has 3 aromatic rings. The number of rotatable bonds is 6. The van der Waals surface area contributed by atoms with Gasteiger partial charge in [0.2, 0.25) is 0 Å². The molecule has 150 valence electrons. The first-order chi connectivity index (χ1) is 14.0. The lowest BCUT2D eigenvalue weighted by molar-refractivity contribution is 0.272. The van der Waals surface area contributed by atoms with Crippen LogP contribution in [0.5, 0.6) is 5.75 Å². The van der Waals surface area contributed by atoms with Gasteiger partial charge in [-0.15, -0.1) is 0 Å². The molecule has 2 N–H and O–H groups in total. The first kappa shape index (κ1) is 19.4. The number of aromatic hydroxyl groups is 1. The van der Waals surface area contributed by atoms with Crippen LogP contribution in [0.4, 0.5) is 0 Å². The van der Waals surface area contributed by atoms with Crippen LogP contribution in [-0.4, -0.2) is 56.8 Å². The molecule has 0 radical (unpaired) electrons. The normalized spacial score (nSPS) is 19.0. The van der Waals surface area contributed by atoms with Crippen molar-refractivity contribution in [3.05, 3.63) is 78.4 Å². The van der Waals surface area contributed by atoms with Gasteiger partial charge in [0.1, 0.15) is 5.75 Å². The summed E-state index contributed by atoms with van der Waals surface area (Å²) in [6, 6.07) is 17.3. The molecule has 2 aromatic heterocycles. The van der Waals surface area contributed by atoms with Gasteiger partial charge in [-0.3, -0.25) is 4.98 Å². The summed E-state index contributed by atoms with van der Waals surface area (Å²) in [7, 11) is 4.13. The highest BCUT2D eigenvalue weighted by molar-refractivity contribution is 7.80. The third-order valence-electron chi connectivity index (χ3n) is 5.20. The molecule has 2 atom stereocenters. The number of hydrogen-bond acceptors (Lipinski definition) is 4. The standard InChI is InChI=1S/C22H25N5OS/c1-25(2)14-15-27-21(20(24-22(27)29)18-6-3-4-12-23-18)19-7-5-13-26(19)16-8-10-17(28)11-9-16/h3-13,20-21,28H,14-15H2,1-2H3,(H,24,29)/t20-,21-/m0/s1. The van der Waals surface area contributed by atoms with Crippen LogP contribution in [0.15, 0.2) is 67.0 Å². The number of benzene rings is 1. The molecule has 0 amide bonds. The Bertz CT molecular complexity index is 970. The van der Waals surface area contributed by atoms with E-state index in [1.165, 1.54) is 0 Å². The van der Waals surface area contributed by atoms with Gasteiger partial charge in [-0.2, -0.15) is 0 Å². The van der Waals surface area contributed by atoms with Crippen LogP contribution in [0.2, 0.25) is 0 Å². The summed E-state index contributed by atoms with van der Waals surface area (Å²) in [5, 5.41) is 13.9. The van der Waals surface area contributed by atoms with Crippen molar-refractivity contribution < 1.29 is 5.11 Å². The smallest absolute Gasteiger partial charge is 0.170 e. The van der Waals surface area contributed by atoms with Crippen molar-refractivity contribution in [1.29, 1.82) is 0 Å². The number of likely N-dealkylation sites (N-methyl/N-ethyl adjacent to an activating group) is 1. The average Bonchev–Trinajstić information content (AvgIpc) is 3.32. The highest BCUT2D eigenvalue weighted by Crippen LogP contribution is 2.39. The van der Waals surface area contributed by atoms with Crippen LogP contribution in [0.1, 0.15) is 23.5 Å². The van der Waals surface area contributed by atoms with E-state index < -0.39 is 0 Å². The molecule has 3 heterocycles. The summed E-state index contributed by atoms with van der Waals surface area (Å²) in [4.78, 5) is 9.01. The molecular formula is C22H25N5OS. The summed E-state index contributed by atoms with van der Waals surface area (Å²) in [6.07, 6.45) is 3.86. The Morgan fingerprint density at radius 3 is 2.59 bits per heavy atom. The Hall–Kier alpha value is -2.90. The van der Waals surface area contributed by atoms with E-state index in [-0.39, 0.29) is 17.8 Å². The number of hydrogen-bond donors (Lipinski definition) is 2. The van der Waals surface area contributed by atoms with Crippen molar-refractivity contribution in [2.45, 2.75) is 12.1 Å². The van der Waals surface area contributed by atoms with Crippen LogP contribution < -0.4 is 5.32 Å². The molecule has 1 aliphatic heterocycles. The Balaban J connectivity index is 1.77. The molecule has 6 nitrogen and oxygen atoms in total. The lowest BCUT2D eigenvalue weighted by Crippen LogP contribution is -2.36. The number of phenols is 1. The van der Waals surface area contributed by atoms with Crippen molar-refractivity contribution >= 4 is 17.3 Å². The van der Waals surface area contributed by atoms with E-state index in [0.717, 1.165) is 35.3 Å². The number of aromatic nitrogens is 2. The van der Waals surface area contributed by atoms with E-state index in [9.17, 15) is 5.11 Å². The highest BCUT2D eigenvalue weighted by Gasteiger charge is 2.41. The Labute approximate surface area is 176 Å². The first-order valence-electron chi connectivity index (χ1n) is 9.64. The second-order valence-corrected chi connectivity index (χ2v) is 7.83. The van der Waals surface area contributed by atoms with Crippen molar-refractivity contribution in [3.63, 3.8) is 0 Å². The predicted molar refractivity (Wildman–Crippen MR) is 118 cm³/mol. The van der Waals surface area contributed by atoms with E-state index in [0.29, 0.717) is 0 Å². The molecule has 0 bridgehead atoms. The van der Waals surface area contributed by atoms with E-state index >= 15 is 0 Å². The molecule has 1 saturated heterocycles. The number of nitrogens with zero attached hydrogens (tertiary/aromatic N) is 4. The topological polar surface area (TPSA) is 56.6 Å². The molecular weight excluding hydrogens is 382 g/mol. The van der Waals surface area contributed by atoms with E-state index in [1.807, 2.05) is 48.8 Å². The monoisotopic (exact) mass is 407 g/mol. The highest BCUT2D eigenvalue weighted by atomic mass is 32.1. The molecule has 1 aliphatic rings. The molecule has 7 heteroatoms. The van der Waals surface area contributed by atoms with Crippen LogP contribution in [-0.2, 0) is 0 Å². The maximum Gasteiger partial charge on any atom is 0.170 e. The molecule has 1 aromatic carbocycles. The van der Waals surface area contributed by atoms with Crippen molar-refractivity contribution in [1.82, 2.24) is 24.7 Å². The Morgan fingerprint density at radius 2 is 1.90 bits per heavy atom. The Kier molecular flexibility index (Phi) is 5.51. The van der Waals surface area contributed by atoms with Gasteiger partial charge in [0.15, 0.2) is 5.11 Å². The summed E-state index contributed by atoms with van der Waals surface area (Å²) in [5.41, 5.74) is 3.08. The third kappa shape index (κ3) is 3.97. The van der Waals surface area contributed by atoms with Crippen LogP contribution in [0.25, 0.3) is 5.69 Å². The number of pyridine rings is 1. The van der Waals surface area contributed by atoms with E-state index in [1.54, 1.807) is 12.1 Å². The quantitative estimate of drug-likeness (QED) is 0.613. The second kappa shape index (κ2) is 8.23. The van der Waals surface area contributed by atoms with Crippen molar-refractivity contribution in [2.24, 2.45) is 0 Å².